The first-order valence-corrected chi connectivity index (χ1v) is 11.5. The van der Waals surface area contributed by atoms with Gasteiger partial charge in [0.05, 0.1) is 6.54 Å². The quantitative estimate of drug-likeness (QED) is 0.221. The number of hydrogen-bond donors (Lipinski definition) is 1. The second-order valence-corrected chi connectivity index (χ2v) is 7.77. The molecular weight excluding hydrogens is 306 g/mol. The Bertz CT molecular complexity index is 265. The standard InChI is InChI=1S/C23H47NO/c1-3-5-7-8-9-10-11-12-13-14-15-16-17-18-19-20-23(25)22-24-21-6-4-2/h24H,3-22H2,1-2H3. The van der Waals surface area contributed by atoms with Crippen molar-refractivity contribution in [2.45, 2.75) is 129 Å². The average molecular weight is 354 g/mol. The van der Waals surface area contributed by atoms with Crippen LogP contribution in [0, 0.1) is 0 Å². The smallest absolute Gasteiger partial charge is 0.146 e. The molecule has 1 N–H and O–H groups in total. The zero-order chi connectivity index (χ0) is 18.4. The van der Waals surface area contributed by atoms with E-state index in [1.807, 2.05) is 0 Å². The van der Waals surface area contributed by atoms with Crippen molar-refractivity contribution in [1.29, 1.82) is 0 Å². The van der Waals surface area contributed by atoms with Gasteiger partial charge in [-0.25, -0.2) is 0 Å². The molecule has 0 aromatic heterocycles. The molecule has 25 heavy (non-hydrogen) atoms. The number of hydrogen-bond acceptors (Lipinski definition) is 2. The summed E-state index contributed by atoms with van der Waals surface area (Å²) in [6, 6.07) is 0. The Kier molecular flexibility index (Phi) is 21.4. The fourth-order valence-electron chi connectivity index (χ4n) is 3.31. The summed E-state index contributed by atoms with van der Waals surface area (Å²) in [6.07, 6.45) is 23.8. The number of Topliss-reactive ketones (excluding diaryl/α,β-unsaturated/α-hetero) is 1. The Labute approximate surface area is 158 Å². The maximum atomic E-state index is 11.7. The average Bonchev–Trinajstić information content (AvgIpc) is 2.62. The Balaban J connectivity index is 3.08. The summed E-state index contributed by atoms with van der Waals surface area (Å²) >= 11 is 0. The molecule has 0 aliphatic carbocycles. The van der Waals surface area contributed by atoms with Crippen LogP contribution in [0.4, 0.5) is 0 Å². The molecule has 150 valence electrons. The molecule has 0 heterocycles. The highest BCUT2D eigenvalue weighted by Gasteiger charge is 2.01. The van der Waals surface area contributed by atoms with Crippen LogP contribution in [0.2, 0.25) is 0 Å². The Morgan fingerprint density at radius 3 is 1.40 bits per heavy atom. The zero-order valence-corrected chi connectivity index (χ0v) is 17.6. The molecule has 0 saturated heterocycles. The first kappa shape index (κ1) is 24.6. The van der Waals surface area contributed by atoms with Crippen molar-refractivity contribution in [3.8, 4) is 0 Å². The fourth-order valence-corrected chi connectivity index (χ4v) is 3.31. The van der Waals surface area contributed by atoms with Gasteiger partial charge in [-0.1, -0.05) is 110 Å². The highest BCUT2D eigenvalue weighted by Crippen LogP contribution is 2.13. The molecular formula is C23H47NO. The van der Waals surface area contributed by atoms with Crippen LogP contribution in [0.5, 0.6) is 0 Å². The SMILES string of the molecule is CCCCCCCCCCCCCCCCCC(=O)CNCCCC. The van der Waals surface area contributed by atoms with Gasteiger partial charge >= 0.3 is 0 Å². The van der Waals surface area contributed by atoms with E-state index in [0.717, 1.165) is 19.4 Å². The van der Waals surface area contributed by atoms with Crippen LogP contribution in [0.3, 0.4) is 0 Å². The first-order valence-electron chi connectivity index (χ1n) is 11.5. The number of rotatable bonds is 21. The molecule has 0 saturated carbocycles. The van der Waals surface area contributed by atoms with E-state index in [1.54, 1.807) is 0 Å². The molecule has 2 heteroatoms. The van der Waals surface area contributed by atoms with E-state index < -0.39 is 0 Å². The highest BCUT2D eigenvalue weighted by molar-refractivity contribution is 5.80. The van der Waals surface area contributed by atoms with Crippen molar-refractivity contribution in [3.05, 3.63) is 0 Å². The first-order chi connectivity index (χ1) is 12.3. The lowest BCUT2D eigenvalue weighted by Gasteiger charge is -2.04. The van der Waals surface area contributed by atoms with E-state index in [4.69, 9.17) is 0 Å². The topological polar surface area (TPSA) is 29.1 Å². The van der Waals surface area contributed by atoms with Crippen molar-refractivity contribution in [2.75, 3.05) is 13.1 Å². The van der Waals surface area contributed by atoms with E-state index in [0.29, 0.717) is 12.3 Å². The van der Waals surface area contributed by atoms with Crippen LogP contribution in [0.1, 0.15) is 129 Å². The number of nitrogens with one attached hydrogen (secondary N) is 1. The number of carbonyl (C=O) groups excluding carboxylic acids is 1. The largest absolute Gasteiger partial charge is 0.310 e. The zero-order valence-electron chi connectivity index (χ0n) is 17.6. The summed E-state index contributed by atoms with van der Waals surface area (Å²) in [7, 11) is 0. The third kappa shape index (κ3) is 21.6. The van der Waals surface area contributed by atoms with Crippen LogP contribution >= 0.6 is 0 Å². The van der Waals surface area contributed by atoms with Crippen LogP contribution in [-0.4, -0.2) is 18.9 Å². The summed E-state index contributed by atoms with van der Waals surface area (Å²) in [6.45, 7) is 6.03. The molecule has 2 nitrogen and oxygen atoms in total. The van der Waals surface area contributed by atoms with Crippen molar-refractivity contribution in [3.63, 3.8) is 0 Å². The van der Waals surface area contributed by atoms with Gasteiger partial charge in [-0.2, -0.15) is 0 Å². The van der Waals surface area contributed by atoms with Crippen LogP contribution < -0.4 is 5.32 Å². The van der Waals surface area contributed by atoms with Gasteiger partial charge in [-0.15, -0.1) is 0 Å². The maximum absolute atomic E-state index is 11.7. The third-order valence-electron chi connectivity index (χ3n) is 5.09. The van der Waals surface area contributed by atoms with Gasteiger partial charge in [-0.3, -0.25) is 4.79 Å². The molecule has 0 rings (SSSR count). The Morgan fingerprint density at radius 1 is 0.560 bits per heavy atom. The van der Waals surface area contributed by atoms with E-state index in [9.17, 15) is 4.79 Å². The third-order valence-corrected chi connectivity index (χ3v) is 5.09. The molecule has 0 radical (unpaired) electrons. The van der Waals surface area contributed by atoms with E-state index in [2.05, 4.69) is 19.2 Å². The van der Waals surface area contributed by atoms with E-state index in [1.165, 1.54) is 103 Å². The maximum Gasteiger partial charge on any atom is 0.146 e. The number of carbonyl (C=O) groups is 1. The van der Waals surface area contributed by atoms with Gasteiger partial charge in [0.2, 0.25) is 0 Å². The van der Waals surface area contributed by atoms with Gasteiger partial charge in [0.15, 0.2) is 0 Å². The van der Waals surface area contributed by atoms with E-state index >= 15 is 0 Å². The van der Waals surface area contributed by atoms with Gasteiger partial charge in [-0.05, 0) is 19.4 Å². The van der Waals surface area contributed by atoms with Gasteiger partial charge in [0.1, 0.15) is 5.78 Å². The second kappa shape index (κ2) is 21.7. The lowest BCUT2D eigenvalue weighted by molar-refractivity contribution is -0.118. The predicted molar refractivity (Wildman–Crippen MR) is 112 cm³/mol. The minimum absolute atomic E-state index is 0.394. The highest BCUT2D eigenvalue weighted by atomic mass is 16.1. The molecule has 0 fully saturated rings. The second-order valence-electron chi connectivity index (χ2n) is 7.77. The molecule has 0 aliphatic heterocycles. The Morgan fingerprint density at radius 2 is 0.960 bits per heavy atom. The van der Waals surface area contributed by atoms with Crippen molar-refractivity contribution < 1.29 is 4.79 Å². The molecule has 0 aromatic rings. The number of ketones is 1. The van der Waals surface area contributed by atoms with Crippen LogP contribution in [-0.2, 0) is 4.79 Å². The van der Waals surface area contributed by atoms with Crippen molar-refractivity contribution in [2.24, 2.45) is 0 Å². The predicted octanol–water partition coefficient (Wildman–Crippen LogP) is 7.21. The Hall–Kier alpha value is -0.370. The molecule has 0 aromatic carbocycles. The minimum atomic E-state index is 0.394. The number of unbranched alkanes of at least 4 members (excludes halogenated alkanes) is 15. The molecule has 0 amide bonds. The van der Waals surface area contributed by atoms with Gasteiger partial charge < -0.3 is 5.32 Å². The lowest BCUT2D eigenvalue weighted by Crippen LogP contribution is -2.23. The fraction of sp³-hybridized carbons (Fsp3) is 0.957. The van der Waals surface area contributed by atoms with Gasteiger partial charge in [0, 0.05) is 6.42 Å². The normalized spacial score (nSPS) is 11.1. The summed E-state index contributed by atoms with van der Waals surface area (Å²) in [5.41, 5.74) is 0. The van der Waals surface area contributed by atoms with Gasteiger partial charge in [0.25, 0.3) is 0 Å². The van der Waals surface area contributed by atoms with Crippen molar-refractivity contribution >= 4 is 5.78 Å². The lowest BCUT2D eigenvalue weighted by atomic mass is 10.0. The summed E-state index contributed by atoms with van der Waals surface area (Å²) in [4.78, 5) is 11.7. The summed E-state index contributed by atoms with van der Waals surface area (Å²) in [5.74, 6) is 0.394. The van der Waals surface area contributed by atoms with Crippen molar-refractivity contribution in [1.82, 2.24) is 5.32 Å². The molecule has 0 bridgehead atoms. The van der Waals surface area contributed by atoms with Crippen LogP contribution in [0.15, 0.2) is 0 Å². The molecule has 0 spiro atoms. The van der Waals surface area contributed by atoms with E-state index in [-0.39, 0.29) is 0 Å². The van der Waals surface area contributed by atoms with Crippen LogP contribution in [0.25, 0.3) is 0 Å². The summed E-state index contributed by atoms with van der Waals surface area (Å²) < 4.78 is 0. The monoisotopic (exact) mass is 353 g/mol. The molecule has 0 aliphatic rings. The minimum Gasteiger partial charge on any atom is -0.310 e. The molecule has 0 atom stereocenters. The molecule has 0 unspecified atom stereocenters. The summed E-state index contributed by atoms with van der Waals surface area (Å²) in [5, 5.41) is 3.24.